The number of carbonyl (C=O) groups is 1. The molecule has 0 spiro atoms. The molecular weight excluding hydrogens is 110 g/mol. The highest BCUT2D eigenvalue weighted by Crippen LogP contribution is 2.08. The predicted octanol–water partition coefficient (Wildman–Crippen LogP) is -0.862. The predicted molar refractivity (Wildman–Crippen MR) is 24.2 cm³/mol. The number of amides is 1. The molecule has 4 heteroatoms. The van der Waals surface area contributed by atoms with Gasteiger partial charge in [0.15, 0.2) is 0 Å². The Labute approximate surface area is 46.4 Å². The van der Waals surface area contributed by atoms with Crippen LogP contribution in [0, 0.1) is 5.92 Å². The van der Waals surface area contributed by atoms with Crippen LogP contribution >= 0.6 is 0 Å². The Balaban J connectivity index is 2.24. The maximum Gasteiger partial charge on any atom is 0.251 e. The van der Waals surface area contributed by atoms with Gasteiger partial charge >= 0.3 is 0 Å². The van der Waals surface area contributed by atoms with Gasteiger partial charge in [-0.1, -0.05) is 0 Å². The molecule has 8 heavy (non-hydrogen) atoms. The molecule has 0 aromatic carbocycles. The van der Waals surface area contributed by atoms with Gasteiger partial charge in [-0.25, -0.2) is 5.48 Å². The molecular formula is C4H7NO3. The van der Waals surface area contributed by atoms with Crippen molar-refractivity contribution in [3.63, 3.8) is 0 Å². The lowest BCUT2D eigenvalue weighted by atomic mass is 10.1. The molecule has 1 aliphatic rings. The molecule has 1 rings (SSSR count). The monoisotopic (exact) mass is 117 g/mol. The highest BCUT2D eigenvalue weighted by molar-refractivity contribution is 5.78. The van der Waals surface area contributed by atoms with Crippen molar-refractivity contribution in [2.75, 3.05) is 13.2 Å². The number of hydrogen-bond donors (Lipinski definition) is 2. The Morgan fingerprint density at radius 1 is 1.75 bits per heavy atom. The van der Waals surface area contributed by atoms with Crippen molar-refractivity contribution in [3.05, 3.63) is 0 Å². The van der Waals surface area contributed by atoms with Crippen molar-refractivity contribution < 1.29 is 14.7 Å². The highest BCUT2D eigenvalue weighted by atomic mass is 16.5. The SMILES string of the molecule is O=C(NO)C1COC1. The zero-order chi connectivity index (χ0) is 5.98. The molecule has 1 aliphatic heterocycles. The van der Waals surface area contributed by atoms with Gasteiger partial charge in [0.25, 0.3) is 5.91 Å². The first kappa shape index (κ1) is 5.53. The number of hydrogen-bond acceptors (Lipinski definition) is 3. The summed E-state index contributed by atoms with van der Waals surface area (Å²) < 4.78 is 4.69. The lowest BCUT2D eigenvalue weighted by Gasteiger charge is -2.22. The maximum absolute atomic E-state index is 10.4. The Kier molecular flexibility index (Phi) is 1.45. The van der Waals surface area contributed by atoms with Gasteiger partial charge in [-0.15, -0.1) is 0 Å². The second-order valence-corrected chi connectivity index (χ2v) is 1.71. The Hall–Kier alpha value is -0.610. The van der Waals surface area contributed by atoms with Gasteiger partial charge in [0, 0.05) is 0 Å². The maximum atomic E-state index is 10.4. The van der Waals surface area contributed by atoms with Gasteiger partial charge in [0.2, 0.25) is 0 Å². The van der Waals surface area contributed by atoms with E-state index >= 15 is 0 Å². The van der Waals surface area contributed by atoms with E-state index in [1.165, 1.54) is 0 Å². The lowest BCUT2D eigenvalue weighted by molar-refractivity contribution is -0.147. The smallest absolute Gasteiger partial charge is 0.251 e. The number of carbonyl (C=O) groups excluding carboxylic acids is 1. The third-order valence-electron chi connectivity index (χ3n) is 1.12. The fraction of sp³-hybridized carbons (Fsp3) is 0.750. The molecule has 0 unspecified atom stereocenters. The molecule has 0 saturated carbocycles. The summed E-state index contributed by atoms with van der Waals surface area (Å²) in [6.07, 6.45) is 0. The number of nitrogens with one attached hydrogen (secondary N) is 1. The summed E-state index contributed by atoms with van der Waals surface area (Å²) in [5, 5.41) is 8.02. The zero-order valence-corrected chi connectivity index (χ0v) is 4.26. The summed E-state index contributed by atoms with van der Waals surface area (Å²) in [7, 11) is 0. The van der Waals surface area contributed by atoms with Crippen molar-refractivity contribution in [2.45, 2.75) is 0 Å². The van der Waals surface area contributed by atoms with E-state index in [2.05, 4.69) is 4.74 Å². The molecule has 1 saturated heterocycles. The summed E-state index contributed by atoms with van der Waals surface area (Å²) in [5.41, 5.74) is 1.55. The number of hydroxylamine groups is 1. The minimum Gasteiger partial charge on any atom is -0.380 e. The molecule has 46 valence electrons. The van der Waals surface area contributed by atoms with Crippen LogP contribution < -0.4 is 5.48 Å². The normalized spacial score (nSPS) is 19.6. The Morgan fingerprint density at radius 3 is 2.50 bits per heavy atom. The second kappa shape index (κ2) is 2.11. The van der Waals surface area contributed by atoms with E-state index in [-0.39, 0.29) is 11.8 Å². The fourth-order valence-electron chi connectivity index (χ4n) is 0.478. The van der Waals surface area contributed by atoms with Gasteiger partial charge in [-0.05, 0) is 0 Å². The standard InChI is InChI=1S/C4H7NO3/c6-4(5-7)3-1-8-2-3/h3,7H,1-2H2,(H,5,6). The molecule has 1 fully saturated rings. The summed E-state index contributed by atoms with van der Waals surface area (Å²) in [4.78, 5) is 10.4. The first-order valence-corrected chi connectivity index (χ1v) is 2.36. The summed E-state index contributed by atoms with van der Waals surface area (Å²) in [5.74, 6) is -0.476. The molecule has 4 nitrogen and oxygen atoms in total. The van der Waals surface area contributed by atoms with Crippen LogP contribution in [-0.2, 0) is 9.53 Å². The number of ether oxygens (including phenoxy) is 1. The van der Waals surface area contributed by atoms with Crippen LogP contribution in [0.2, 0.25) is 0 Å². The quantitative estimate of drug-likeness (QED) is 0.347. The van der Waals surface area contributed by atoms with Crippen LogP contribution in [0.25, 0.3) is 0 Å². The molecule has 0 bridgehead atoms. The minimum atomic E-state index is -0.351. The van der Waals surface area contributed by atoms with Crippen LogP contribution in [0.1, 0.15) is 0 Å². The van der Waals surface area contributed by atoms with Gasteiger partial charge < -0.3 is 4.74 Å². The van der Waals surface area contributed by atoms with Crippen LogP contribution in [0.3, 0.4) is 0 Å². The number of rotatable bonds is 1. The van der Waals surface area contributed by atoms with Crippen molar-refractivity contribution >= 4 is 5.91 Å². The second-order valence-electron chi connectivity index (χ2n) is 1.71. The molecule has 2 N–H and O–H groups in total. The highest BCUT2D eigenvalue weighted by Gasteiger charge is 2.25. The van der Waals surface area contributed by atoms with Gasteiger partial charge in [-0.2, -0.15) is 0 Å². The molecule has 0 atom stereocenters. The van der Waals surface area contributed by atoms with Gasteiger partial charge in [0.1, 0.15) is 0 Å². The molecule has 0 aromatic rings. The van der Waals surface area contributed by atoms with Gasteiger partial charge in [-0.3, -0.25) is 10.0 Å². The van der Waals surface area contributed by atoms with Crippen LogP contribution in [0.4, 0.5) is 0 Å². The lowest BCUT2D eigenvalue weighted by Crippen LogP contribution is -2.40. The first-order chi connectivity index (χ1) is 3.84. The van der Waals surface area contributed by atoms with E-state index in [1.807, 2.05) is 0 Å². The van der Waals surface area contributed by atoms with E-state index in [0.717, 1.165) is 0 Å². The van der Waals surface area contributed by atoms with E-state index < -0.39 is 0 Å². The summed E-state index contributed by atoms with van der Waals surface area (Å²) in [6, 6.07) is 0. The van der Waals surface area contributed by atoms with Crippen LogP contribution in [0.5, 0.6) is 0 Å². The van der Waals surface area contributed by atoms with Crippen molar-refractivity contribution in [1.82, 2.24) is 5.48 Å². The topological polar surface area (TPSA) is 58.6 Å². The molecule has 1 amide bonds. The van der Waals surface area contributed by atoms with E-state index in [1.54, 1.807) is 5.48 Å². The Morgan fingerprint density at radius 2 is 2.38 bits per heavy atom. The molecule has 1 heterocycles. The van der Waals surface area contributed by atoms with Crippen LogP contribution in [0.15, 0.2) is 0 Å². The summed E-state index contributed by atoms with van der Waals surface area (Å²) in [6.45, 7) is 0.874. The third-order valence-corrected chi connectivity index (χ3v) is 1.12. The average molecular weight is 117 g/mol. The zero-order valence-electron chi connectivity index (χ0n) is 4.26. The summed E-state index contributed by atoms with van der Waals surface area (Å²) >= 11 is 0. The third kappa shape index (κ3) is 0.801. The van der Waals surface area contributed by atoms with E-state index in [0.29, 0.717) is 13.2 Å². The average Bonchev–Trinajstić information content (AvgIpc) is 1.62. The Bertz CT molecular complexity index is 99.5. The molecule has 0 aromatic heterocycles. The van der Waals surface area contributed by atoms with Crippen molar-refractivity contribution in [3.8, 4) is 0 Å². The first-order valence-electron chi connectivity index (χ1n) is 2.36. The molecule has 0 aliphatic carbocycles. The van der Waals surface area contributed by atoms with Crippen molar-refractivity contribution in [1.29, 1.82) is 0 Å². The minimum absolute atomic E-state index is 0.125. The van der Waals surface area contributed by atoms with Crippen molar-refractivity contribution in [2.24, 2.45) is 5.92 Å². The molecule has 0 radical (unpaired) electrons. The van der Waals surface area contributed by atoms with E-state index in [9.17, 15) is 4.79 Å². The largest absolute Gasteiger partial charge is 0.380 e. The van der Waals surface area contributed by atoms with Crippen LogP contribution in [-0.4, -0.2) is 24.3 Å². The van der Waals surface area contributed by atoms with Gasteiger partial charge in [0.05, 0.1) is 19.1 Å². The van der Waals surface area contributed by atoms with E-state index in [4.69, 9.17) is 5.21 Å². The fourth-order valence-corrected chi connectivity index (χ4v) is 0.478.